The molecule has 1 atom stereocenters. The van der Waals surface area contributed by atoms with Crippen molar-refractivity contribution in [2.75, 3.05) is 6.61 Å². The van der Waals surface area contributed by atoms with E-state index in [2.05, 4.69) is 27.4 Å². The summed E-state index contributed by atoms with van der Waals surface area (Å²) in [5, 5.41) is 3.18. The van der Waals surface area contributed by atoms with Gasteiger partial charge in [0.25, 0.3) is 0 Å². The van der Waals surface area contributed by atoms with E-state index in [4.69, 9.17) is 9.47 Å². The highest BCUT2D eigenvalue weighted by Crippen LogP contribution is 2.30. The topological polar surface area (TPSA) is 73.3 Å². The van der Waals surface area contributed by atoms with Gasteiger partial charge in [0.05, 0.1) is 25.3 Å². The molecular weight excluding hydrogens is 342 g/mol. The molecule has 1 unspecified atom stereocenters. The normalized spacial score (nSPS) is 24.7. The number of nitrogens with one attached hydrogen (secondary N) is 1. The average molecular weight is 367 g/mol. The fourth-order valence-corrected chi connectivity index (χ4v) is 3.94. The van der Waals surface area contributed by atoms with E-state index in [1.165, 1.54) is 5.56 Å². The lowest BCUT2D eigenvalue weighted by atomic mass is 9.92. The van der Waals surface area contributed by atoms with Crippen LogP contribution >= 0.6 is 0 Å². The maximum Gasteiger partial charge on any atom is 0.232 e. The van der Waals surface area contributed by atoms with Crippen molar-refractivity contribution < 1.29 is 14.3 Å². The molecule has 27 heavy (non-hydrogen) atoms. The van der Waals surface area contributed by atoms with Gasteiger partial charge in [0.1, 0.15) is 6.10 Å². The van der Waals surface area contributed by atoms with Crippen LogP contribution in [-0.2, 0) is 16.0 Å². The van der Waals surface area contributed by atoms with E-state index >= 15 is 0 Å². The predicted molar refractivity (Wildman–Crippen MR) is 100 cm³/mol. The molecule has 1 aromatic carbocycles. The van der Waals surface area contributed by atoms with Gasteiger partial charge in [-0.2, -0.15) is 0 Å². The van der Waals surface area contributed by atoms with Crippen LogP contribution in [-0.4, -0.2) is 34.6 Å². The van der Waals surface area contributed by atoms with Gasteiger partial charge in [-0.25, -0.2) is 4.98 Å². The third-order valence-corrected chi connectivity index (χ3v) is 5.33. The summed E-state index contributed by atoms with van der Waals surface area (Å²) in [6, 6.07) is 8.46. The van der Waals surface area contributed by atoms with E-state index in [0.717, 1.165) is 37.7 Å². The first-order valence-electron chi connectivity index (χ1n) is 9.69. The number of hydrogen-bond acceptors (Lipinski definition) is 5. The Morgan fingerprint density at radius 2 is 2.04 bits per heavy atom. The Balaban J connectivity index is 1.24. The first-order chi connectivity index (χ1) is 13.3. The molecule has 2 aromatic rings. The SMILES string of the molecule is O=C(CC1OCCc2ccccc21)NC1CCC(Oc2cnccn2)CC1. The molecule has 142 valence electrons. The van der Waals surface area contributed by atoms with Crippen LogP contribution in [0.5, 0.6) is 5.88 Å². The minimum atomic E-state index is -0.133. The maximum atomic E-state index is 12.5. The molecule has 1 aliphatic heterocycles. The number of amides is 1. The molecule has 6 nitrogen and oxygen atoms in total. The number of hydrogen-bond donors (Lipinski definition) is 1. The summed E-state index contributed by atoms with van der Waals surface area (Å²) >= 11 is 0. The number of benzene rings is 1. The minimum absolute atomic E-state index is 0.0648. The molecule has 1 amide bonds. The Labute approximate surface area is 159 Å². The number of aromatic nitrogens is 2. The number of rotatable bonds is 5. The molecule has 0 spiro atoms. The third kappa shape index (κ3) is 4.63. The van der Waals surface area contributed by atoms with E-state index in [0.29, 0.717) is 18.9 Å². The fraction of sp³-hybridized carbons (Fsp3) is 0.476. The summed E-state index contributed by atoms with van der Waals surface area (Å²) in [7, 11) is 0. The maximum absolute atomic E-state index is 12.5. The van der Waals surface area contributed by atoms with Crippen molar-refractivity contribution in [3.05, 3.63) is 54.0 Å². The Morgan fingerprint density at radius 1 is 1.19 bits per heavy atom. The van der Waals surface area contributed by atoms with Gasteiger partial charge in [-0.05, 0) is 43.2 Å². The van der Waals surface area contributed by atoms with Crippen LogP contribution < -0.4 is 10.1 Å². The van der Waals surface area contributed by atoms with E-state index in [9.17, 15) is 4.79 Å². The molecule has 1 saturated carbocycles. The molecule has 1 fully saturated rings. The van der Waals surface area contributed by atoms with Crippen molar-refractivity contribution in [2.24, 2.45) is 0 Å². The molecule has 1 aliphatic carbocycles. The summed E-state index contributed by atoms with van der Waals surface area (Å²) in [5.74, 6) is 0.632. The van der Waals surface area contributed by atoms with Crippen LogP contribution in [0.2, 0.25) is 0 Å². The molecule has 6 heteroatoms. The van der Waals surface area contributed by atoms with Gasteiger partial charge in [0.15, 0.2) is 0 Å². The van der Waals surface area contributed by atoms with Crippen molar-refractivity contribution in [1.29, 1.82) is 0 Å². The van der Waals surface area contributed by atoms with Gasteiger partial charge in [0.2, 0.25) is 11.8 Å². The molecule has 0 bridgehead atoms. The third-order valence-electron chi connectivity index (χ3n) is 5.33. The van der Waals surface area contributed by atoms with Crippen LogP contribution in [0.4, 0.5) is 0 Å². The number of nitrogens with zero attached hydrogens (tertiary/aromatic N) is 2. The van der Waals surface area contributed by atoms with E-state index in [-0.39, 0.29) is 24.2 Å². The minimum Gasteiger partial charge on any atom is -0.473 e. The molecule has 4 rings (SSSR count). The van der Waals surface area contributed by atoms with Gasteiger partial charge in [-0.3, -0.25) is 9.78 Å². The van der Waals surface area contributed by atoms with Crippen molar-refractivity contribution in [3.63, 3.8) is 0 Å². The summed E-state index contributed by atoms with van der Waals surface area (Å²) in [6.45, 7) is 0.680. The average Bonchev–Trinajstić information content (AvgIpc) is 2.71. The lowest BCUT2D eigenvalue weighted by Crippen LogP contribution is -2.40. The standard InChI is InChI=1S/C21H25N3O3/c25-20(13-19-18-4-2-1-3-15(18)9-12-26-19)24-16-5-7-17(8-6-16)27-21-14-22-10-11-23-21/h1-4,10-11,14,16-17,19H,5-9,12-13H2,(H,24,25). The van der Waals surface area contributed by atoms with Gasteiger partial charge in [0, 0.05) is 18.4 Å². The Bertz CT molecular complexity index is 760. The predicted octanol–water partition coefficient (Wildman–Crippen LogP) is 2.99. The van der Waals surface area contributed by atoms with E-state index in [1.54, 1.807) is 18.6 Å². The Kier molecular flexibility index (Phi) is 5.63. The molecule has 0 radical (unpaired) electrons. The lowest BCUT2D eigenvalue weighted by Gasteiger charge is -2.30. The Hall–Kier alpha value is -2.47. The van der Waals surface area contributed by atoms with Crippen LogP contribution in [0.25, 0.3) is 0 Å². The highest BCUT2D eigenvalue weighted by Gasteiger charge is 2.27. The number of ether oxygens (including phenoxy) is 2. The van der Waals surface area contributed by atoms with Gasteiger partial charge in [-0.15, -0.1) is 0 Å². The zero-order valence-electron chi connectivity index (χ0n) is 15.3. The summed E-state index contributed by atoms with van der Waals surface area (Å²) < 4.78 is 11.7. The molecule has 2 aliphatic rings. The smallest absolute Gasteiger partial charge is 0.232 e. The Morgan fingerprint density at radius 3 is 2.85 bits per heavy atom. The first-order valence-corrected chi connectivity index (χ1v) is 9.69. The molecule has 0 saturated heterocycles. The molecule has 1 aromatic heterocycles. The van der Waals surface area contributed by atoms with Crippen LogP contribution in [0.3, 0.4) is 0 Å². The zero-order chi connectivity index (χ0) is 18.5. The number of carbonyl (C=O) groups is 1. The van der Waals surface area contributed by atoms with Gasteiger partial charge in [-0.1, -0.05) is 24.3 Å². The highest BCUT2D eigenvalue weighted by molar-refractivity contribution is 5.77. The molecule has 1 N–H and O–H groups in total. The second kappa shape index (κ2) is 8.48. The first kappa shape index (κ1) is 17.9. The van der Waals surface area contributed by atoms with Crippen LogP contribution in [0.1, 0.15) is 49.3 Å². The van der Waals surface area contributed by atoms with Crippen molar-refractivity contribution in [3.8, 4) is 5.88 Å². The van der Waals surface area contributed by atoms with Crippen molar-refractivity contribution >= 4 is 5.91 Å². The molecule has 2 heterocycles. The lowest BCUT2D eigenvalue weighted by molar-refractivity contribution is -0.125. The second-order valence-electron chi connectivity index (χ2n) is 7.22. The van der Waals surface area contributed by atoms with Crippen molar-refractivity contribution in [2.45, 2.75) is 56.8 Å². The van der Waals surface area contributed by atoms with Crippen LogP contribution in [0, 0.1) is 0 Å². The van der Waals surface area contributed by atoms with Gasteiger partial charge >= 0.3 is 0 Å². The largest absolute Gasteiger partial charge is 0.473 e. The monoisotopic (exact) mass is 367 g/mol. The highest BCUT2D eigenvalue weighted by atomic mass is 16.5. The molecular formula is C21H25N3O3. The van der Waals surface area contributed by atoms with E-state index < -0.39 is 0 Å². The van der Waals surface area contributed by atoms with Gasteiger partial charge < -0.3 is 14.8 Å². The summed E-state index contributed by atoms with van der Waals surface area (Å²) in [6.07, 6.45) is 9.86. The zero-order valence-corrected chi connectivity index (χ0v) is 15.3. The van der Waals surface area contributed by atoms with E-state index in [1.807, 2.05) is 12.1 Å². The summed E-state index contributed by atoms with van der Waals surface area (Å²) in [5.41, 5.74) is 2.45. The summed E-state index contributed by atoms with van der Waals surface area (Å²) in [4.78, 5) is 20.7. The number of fused-ring (bicyclic) bond motifs is 1. The second-order valence-corrected chi connectivity index (χ2v) is 7.22. The fourth-order valence-electron chi connectivity index (χ4n) is 3.94. The van der Waals surface area contributed by atoms with Crippen LogP contribution in [0.15, 0.2) is 42.9 Å². The number of carbonyl (C=O) groups excluding carboxylic acids is 1. The van der Waals surface area contributed by atoms with Crippen molar-refractivity contribution in [1.82, 2.24) is 15.3 Å². The quantitative estimate of drug-likeness (QED) is 0.879.